The van der Waals surface area contributed by atoms with Gasteiger partial charge in [0.15, 0.2) is 5.82 Å². The van der Waals surface area contributed by atoms with Crippen LogP contribution in [0.3, 0.4) is 0 Å². The molecule has 0 aliphatic carbocycles. The van der Waals surface area contributed by atoms with E-state index in [9.17, 15) is 9.18 Å². The number of hydrogen-bond donors (Lipinski definition) is 2. The molecule has 1 atom stereocenters. The number of benzene rings is 1. The standard InChI is InChI=1S/C24H27FN8O/c1-15-20(25)7-6-18-13-19(16(2)28-23-21-5-4-8-33(21)27-14-26-23)24(29-22(15)18)31-9-11-32(12-10-31)30-17(3)34/h4-8,13-14,16H,9-12H2,1-3H3,(H,30,34)(H,26,27,28)/t16-/m0/s1. The highest BCUT2D eigenvalue weighted by atomic mass is 19.1. The minimum atomic E-state index is -0.267. The summed E-state index contributed by atoms with van der Waals surface area (Å²) in [4.78, 5) is 23.0. The molecule has 4 heterocycles. The van der Waals surface area contributed by atoms with E-state index in [0.717, 1.165) is 28.1 Å². The van der Waals surface area contributed by atoms with Crippen LogP contribution in [0.25, 0.3) is 16.4 Å². The van der Waals surface area contributed by atoms with Crippen LogP contribution in [-0.4, -0.2) is 56.7 Å². The zero-order valence-corrected chi connectivity index (χ0v) is 19.4. The summed E-state index contributed by atoms with van der Waals surface area (Å²) in [6, 6.07) is 9.10. The molecule has 1 aromatic carbocycles. The van der Waals surface area contributed by atoms with Gasteiger partial charge in [0.1, 0.15) is 23.5 Å². The average Bonchev–Trinajstić information content (AvgIpc) is 3.31. The van der Waals surface area contributed by atoms with E-state index in [1.807, 2.05) is 23.3 Å². The van der Waals surface area contributed by atoms with Crippen LogP contribution in [-0.2, 0) is 4.79 Å². The van der Waals surface area contributed by atoms with Gasteiger partial charge >= 0.3 is 0 Å². The highest BCUT2D eigenvalue weighted by Gasteiger charge is 2.24. The number of nitrogens with zero attached hydrogens (tertiary/aromatic N) is 6. The Labute approximate surface area is 196 Å². The number of aryl methyl sites for hydroxylation is 1. The molecule has 176 valence electrons. The Morgan fingerprint density at radius 2 is 1.97 bits per heavy atom. The van der Waals surface area contributed by atoms with E-state index in [4.69, 9.17) is 4.98 Å². The second-order valence-corrected chi connectivity index (χ2v) is 8.60. The van der Waals surface area contributed by atoms with Gasteiger partial charge in [0.25, 0.3) is 0 Å². The molecule has 0 unspecified atom stereocenters. The summed E-state index contributed by atoms with van der Waals surface area (Å²) in [6.07, 6.45) is 3.40. The summed E-state index contributed by atoms with van der Waals surface area (Å²) >= 11 is 0. The Bertz CT molecular complexity index is 1360. The van der Waals surface area contributed by atoms with Crippen LogP contribution in [0.4, 0.5) is 16.0 Å². The Morgan fingerprint density at radius 3 is 2.74 bits per heavy atom. The Kier molecular flexibility index (Phi) is 5.74. The first-order valence-electron chi connectivity index (χ1n) is 11.3. The zero-order chi connectivity index (χ0) is 23.8. The highest BCUT2D eigenvalue weighted by Crippen LogP contribution is 2.33. The quantitative estimate of drug-likeness (QED) is 0.471. The van der Waals surface area contributed by atoms with Crippen LogP contribution in [0.2, 0.25) is 0 Å². The molecule has 1 saturated heterocycles. The van der Waals surface area contributed by atoms with Crippen LogP contribution in [0.5, 0.6) is 0 Å². The fourth-order valence-electron chi connectivity index (χ4n) is 4.45. The second-order valence-electron chi connectivity index (χ2n) is 8.60. The van der Waals surface area contributed by atoms with Crippen molar-refractivity contribution in [1.29, 1.82) is 0 Å². The minimum Gasteiger partial charge on any atom is -0.362 e. The molecule has 1 fully saturated rings. The number of carbonyl (C=O) groups excluding carboxylic acids is 1. The third kappa shape index (κ3) is 4.12. The van der Waals surface area contributed by atoms with Gasteiger partial charge in [-0.05, 0) is 44.2 Å². The van der Waals surface area contributed by atoms with Gasteiger partial charge in [-0.2, -0.15) is 5.10 Å². The van der Waals surface area contributed by atoms with Crippen molar-refractivity contribution in [3.63, 3.8) is 0 Å². The summed E-state index contributed by atoms with van der Waals surface area (Å²) in [5.41, 5.74) is 5.92. The number of halogens is 1. The number of piperazine rings is 1. The summed E-state index contributed by atoms with van der Waals surface area (Å²) < 4.78 is 16.1. The lowest BCUT2D eigenvalue weighted by Crippen LogP contribution is -2.53. The summed E-state index contributed by atoms with van der Waals surface area (Å²) in [5, 5.41) is 10.5. The average molecular weight is 463 g/mol. The molecule has 1 aliphatic rings. The number of fused-ring (bicyclic) bond motifs is 2. The van der Waals surface area contributed by atoms with Crippen molar-refractivity contribution in [2.45, 2.75) is 26.8 Å². The molecular weight excluding hydrogens is 435 g/mol. The normalized spacial score (nSPS) is 15.6. The Hall–Kier alpha value is -3.79. The lowest BCUT2D eigenvalue weighted by Gasteiger charge is -2.36. The molecule has 5 rings (SSSR count). The van der Waals surface area contributed by atoms with Crippen molar-refractivity contribution in [3.05, 3.63) is 59.8 Å². The van der Waals surface area contributed by atoms with E-state index in [-0.39, 0.29) is 17.8 Å². The smallest absolute Gasteiger partial charge is 0.231 e. The van der Waals surface area contributed by atoms with Crippen molar-refractivity contribution >= 4 is 34.0 Å². The van der Waals surface area contributed by atoms with Gasteiger partial charge in [-0.1, -0.05) is 0 Å². The Morgan fingerprint density at radius 1 is 1.18 bits per heavy atom. The molecule has 2 N–H and O–H groups in total. The molecule has 1 amide bonds. The van der Waals surface area contributed by atoms with E-state index in [2.05, 4.69) is 38.7 Å². The summed E-state index contributed by atoms with van der Waals surface area (Å²) in [6.45, 7) is 8.03. The fraction of sp³-hybridized carbons (Fsp3) is 0.333. The van der Waals surface area contributed by atoms with Crippen molar-refractivity contribution in [1.82, 2.24) is 30.0 Å². The summed E-state index contributed by atoms with van der Waals surface area (Å²) in [7, 11) is 0. The van der Waals surface area contributed by atoms with Gasteiger partial charge in [0.05, 0.1) is 11.6 Å². The van der Waals surface area contributed by atoms with Crippen molar-refractivity contribution in [2.24, 2.45) is 0 Å². The number of rotatable bonds is 5. The first-order chi connectivity index (χ1) is 16.4. The van der Waals surface area contributed by atoms with Crippen LogP contribution in [0, 0.1) is 12.7 Å². The molecule has 0 radical (unpaired) electrons. The minimum absolute atomic E-state index is 0.0801. The van der Waals surface area contributed by atoms with Gasteiger partial charge < -0.3 is 10.2 Å². The number of amides is 1. The van der Waals surface area contributed by atoms with E-state index in [1.165, 1.54) is 19.3 Å². The van der Waals surface area contributed by atoms with Crippen LogP contribution >= 0.6 is 0 Å². The predicted molar refractivity (Wildman–Crippen MR) is 129 cm³/mol. The number of pyridine rings is 1. The number of hydrazine groups is 1. The zero-order valence-electron chi connectivity index (χ0n) is 19.4. The Balaban J connectivity index is 1.52. The fourth-order valence-corrected chi connectivity index (χ4v) is 4.45. The largest absolute Gasteiger partial charge is 0.362 e. The van der Waals surface area contributed by atoms with Crippen LogP contribution < -0.4 is 15.6 Å². The first kappa shape index (κ1) is 22.0. The van der Waals surface area contributed by atoms with E-state index < -0.39 is 0 Å². The van der Waals surface area contributed by atoms with Gasteiger partial charge in [-0.3, -0.25) is 10.2 Å². The molecule has 4 aromatic rings. The maximum atomic E-state index is 14.3. The molecule has 0 spiro atoms. The van der Waals surface area contributed by atoms with Crippen molar-refractivity contribution < 1.29 is 9.18 Å². The number of aromatic nitrogens is 4. The molecule has 0 saturated carbocycles. The number of carbonyl (C=O) groups is 1. The number of anilines is 2. The first-order valence-corrected chi connectivity index (χ1v) is 11.3. The van der Waals surface area contributed by atoms with Gasteiger partial charge in [-0.25, -0.2) is 23.9 Å². The van der Waals surface area contributed by atoms with E-state index in [1.54, 1.807) is 17.5 Å². The molecule has 34 heavy (non-hydrogen) atoms. The lowest BCUT2D eigenvalue weighted by molar-refractivity contribution is -0.123. The third-order valence-electron chi connectivity index (χ3n) is 6.23. The van der Waals surface area contributed by atoms with Crippen LogP contribution in [0.1, 0.15) is 31.0 Å². The lowest BCUT2D eigenvalue weighted by atomic mass is 10.0. The van der Waals surface area contributed by atoms with Crippen molar-refractivity contribution in [2.75, 3.05) is 36.4 Å². The molecule has 3 aromatic heterocycles. The molecule has 10 heteroatoms. The second kappa shape index (κ2) is 8.86. The van der Waals surface area contributed by atoms with Crippen LogP contribution in [0.15, 0.2) is 42.9 Å². The van der Waals surface area contributed by atoms with E-state index in [0.29, 0.717) is 37.3 Å². The SMILES string of the molecule is CC(=O)NN1CCN(c2nc3c(C)c(F)ccc3cc2[C@H](C)Nc2ncnn3cccc23)CC1. The highest BCUT2D eigenvalue weighted by molar-refractivity contribution is 5.85. The predicted octanol–water partition coefficient (Wildman–Crippen LogP) is 3.07. The molecule has 9 nitrogen and oxygen atoms in total. The number of hydrogen-bond acceptors (Lipinski definition) is 7. The number of nitrogens with one attached hydrogen (secondary N) is 2. The maximum absolute atomic E-state index is 14.3. The third-order valence-corrected chi connectivity index (χ3v) is 6.23. The van der Waals surface area contributed by atoms with Gasteiger partial charge in [-0.15, -0.1) is 0 Å². The van der Waals surface area contributed by atoms with Crippen molar-refractivity contribution in [3.8, 4) is 0 Å². The maximum Gasteiger partial charge on any atom is 0.231 e. The van der Waals surface area contributed by atoms with Gasteiger partial charge in [0, 0.05) is 55.8 Å². The topological polar surface area (TPSA) is 90.7 Å². The van der Waals surface area contributed by atoms with E-state index >= 15 is 0 Å². The van der Waals surface area contributed by atoms with Gasteiger partial charge in [0.2, 0.25) is 5.91 Å². The molecule has 1 aliphatic heterocycles. The molecular formula is C24H27FN8O. The summed E-state index contributed by atoms with van der Waals surface area (Å²) in [5.74, 6) is 1.19. The molecule has 0 bridgehead atoms. The monoisotopic (exact) mass is 462 g/mol.